The first kappa shape index (κ1) is 14.8. The van der Waals surface area contributed by atoms with Crippen molar-refractivity contribution in [2.45, 2.75) is 52.0 Å². The maximum atomic E-state index is 12.1. The van der Waals surface area contributed by atoms with Crippen molar-refractivity contribution in [3.8, 4) is 0 Å². The number of fused-ring (bicyclic) bond motifs is 1. The average molecular weight is 298 g/mol. The Balaban J connectivity index is 2.09. The number of nitrogens with one attached hydrogen (secondary N) is 1. The number of aryl methyl sites for hydroxylation is 1. The van der Waals surface area contributed by atoms with E-state index in [2.05, 4.69) is 51.2 Å². The Labute approximate surface area is 130 Å². The van der Waals surface area contributed by atoms with Gasteiger partial charge in [0.2, 0.25) is 11.8 Å². The molecule has 1 atom stereocenters. The maximum absolute atomic E-state index is 12.1. The number of hydrogen-bond donors (Lipinski definition) is 1. The number of rotatable bonds is 1. The summed E-state index contributed by atoms with van der Waals surface area (Å²) in [5, 5.41) is 3.62. The van der Waals surface area contributed by atoms with Crippen LogP contribution in [0.2, 0.25) is 0 Å². The van der Waals surface area contributed by atoms with Crippen LogP contribution in [0.1, 0.15) is 50.8 Å². The second kappa shape index (κ2) is 4.97. The van der Waals surface area contributed by atoms with Gasteiger partial charge in [0.15, 0.2) is 0 Å². The monoisotopic (exact) mass is 298 g/mol. The predicted molar refractivity (Wildman–Crippen MR) is 86.8 cm³/mol. The number of aromatic nitrogens is 1. The molecule has 2 amide bonds. The Morgan fingerprint density at radius 1 is 1.23 bits per heavy atom. The lowest BCUT2D eigenvalue weighted by Gasteiger charge is -2.23. The van der Waals surface area contributed by atoms with E-state index in [0.29, 0.717) is 12.8 Å². The van der Waals surface area contributed by atoms with Gasteiger partial charge in [-0.15, -0.1) is 0 Å². The molecule has 1 unspecified atom stereocenters. The van der Waals surface area contributed by atoms with Crippen molar-refractivity contribution in [1.82, 2.24) is 9.88 Å². The van der Waals surface area contributed by atoms with E-state index in [-0.39, 0.29) is 23.3 Å². The minimum atomic E-state index is -0.297. The van der Waals surface area contributed by atoms with E-state index in [4.69, 9.17) is 0 Å². The van der Waals surface area contributed by atoms with Gasteiger partial charge in [-0.1, -0.05) is 26.8 Å². The summed E-state index contributed by atoms with van der Waals surface area (Å²) >= 11 is 0. The van der Waals surface area contributed by atoms with Gasteiger partial charge in [0.25, 0.3) is 0 Å². The van der Waals surface area contributed by atoms with E-state index in [0.717, 1.165) is 11.1 Å². The van der Waals surface area contributed by atoms with Gasteiger partial charge in [-0.05, 0) is 42.0 Å². The zero-order valence-electron chi connectivity index (χ0n) is 13.6. The van der Waals surface area contributed by atoms with Gasteiger partial charge in [0, 0.05) is 23.5 Å². The molecule has 1 aliphatic rings. The van der Waals surface area contributed by atoms with Crippen molar-refractivity contribution >= 4 is 22.7 Å². The third-order valence-corrected chi connectivity index (χ3v) is 4.44. The fourth-order valence-electron chi connectivity index (χ4n) is 3.10. The molecule has 4 heteroatoms. The fraction of sp³-hybridized carbons (Fsp3) is 0.444. The molecule has 0 spiro atoms. The Kier molecular flexibility index (Phi) is 3.35. The van der Waals surface area contributed by atoms with E-state index in [1.54, 1.807) is 0 Å². The van der Waals surface area contributed by atoms with Crippen LogP contribution in [0.25, 0.3) is 10.9 Å². The van der Waals surface area contributed by atoms with Gasteiger partial charge in [-0.2, -0.15) is 0 Å². The number of carbonyl (C=O) groups is 2. The van der Waals surface area contributed by atoms with Crippen LogP contribution >= 0.6 is 0 Å². The molecule has 0 radical (unpaired) electrons. The standard InChI is InChI=1S/C18H22N2O2/c1-11-10-20(15-7-8-16(21)19-17(15)22)14-6-5-12(9-13(11)14)18(2,3)4/h5-6,9-10,15H,7-8H2,1-4H3,(H,19,21,22). The molecule has 22 heavy (non-hydrogen) atoms. The lowest BCUT2D eigenvalue weighted by molar-refractivity contribution is -0.135. The largest absolute Gasteiger partial charge is 0.335 e. The van der Waals surface area contributed by atoms with Crippen LogP contribution in [-0.2, 0) is 15.0 Å². The molecule has 1 N–H and O–H groups in total. The highest BCUT2D eigenvalue weighted by Crippen LogP contribution is 2.32. The zero-order chi connectivity index (χ0) is 16.1. The summed E-state index contributed by atoms with van der Waals surface area (Å²) in [5.74, 6) is -0.377. The van der Waals surface area contributed by atoms with Crippen LogP contribution in [-0.4, -0.2) is 16.4 Å². The van der Waals surface area contributed by atoms with Gasteiger partial charge in [-0.3, -0.25) is 14.9 Å². The smallest absolute Gasteiger partial charge is 0.249 e. The second-order valence-electron chi connectivity index (χ2n) is 7.17. The molecule has 3 rings (SSSR count). The summed E-state index contributed by atoms with van der Waals surface area (Å²) in [4.78, 5) is 23.5. The first-order valence-corrected chi connectivity index (χ1v) is 7.73. The second-order valence-corrected chi connectivity index (χ2v) is 7.17. The van der Waals surface area contributed by atoms with Crippen molar-refractivity contribution in [3.63, 3.8) is 0 Å². The minimum Gasteiger partial charge on any atom is -0.335 e. The Morgan fingerprint density at radius 3 is 2.59 bits per heavy atom. The molecule has 2 heterocycles. The van der Waals surface area contributed by atoms with Gasteiger partial charge in [-0.25, -0.2) is 0 Å². The van der Waals surface area contributed by atoms with Crippen molar-refractivity contribution in [3.05, 3.63) is 35.5 Å². The topological polar surface area (TPSA) is 51.1 Å². The normalized spacial score (nSPS) is 19.5. The first-order valence-electron chi connectivity index (χ1n) is 7.73. The van der Waals surface area contributed by atoms with Crippen LogP contribution in [0, 0.1) is 6.92 Å². The molecule has 1 aliphatic heterocycles. The predicted octanol–water partition coefficient (Wildman–Crippen LogP) is 3.22. The molecule has 1 aromatic heterocycles. The highest BCUT2D eigenvalue weighted by Gasteiger charge is 2.29. The van der Waals surface area contributed by atoms with Crippen LogP contribution < -0.4 is 5.32 Å². The lowest BCUT2D eigenvalue weighted by atomic mass is 9.86. The summed E-state index contributed by atoms with van der Waals surface area (Å²) in [5.41, 5.74) is 3.59. The molecular formula is C18H22N2O2. The van der Waals surface area contributed by atoms with Crippen molar-refractivity contribution in [2.75, 3.05) is 0 Å². The summed E-state index contributed by atoms with van der Waals surface area (Å²) in [6, 6.07) is 6.14. The van der Waals surface area contributed by atoms with Crippen molar-refractivity contribution in [2.24, 2.45) is 0 Å². The number of amides is 2. The quantitative estimate of drug-likeness (QED) is 0.822. The third kappa shape index (κ3) is 2.43. The lowest BCUT2D eigenvalue weighted by Crippen LogP contribution is -2.41. The number of hydrogen-bond acceptors (Lipinski definition) is 2. The summed E-state index contributed by atoms with van der Waals surface area (Å²) < 4.78 is 2.01. The van der Waals surface area contributed by atoms with E-state index in [1.807, 2.05) is 10.8 Å². The molecule has 4 nitrogen and oxygen atoms in total. The SMILES string of the molecule is Cc1cn(C2CCC(=O)NC2=O)c2ccc(C(C)(C)C)cc12. The van der Waals surface area contributed by atoms with Gasteiger partial charge < -0.3 is 4.57 Å². The molecule has 1 aromatic carbocycles. The van der Waals surface area contributed by atoms with Crippen molar-refractivity contribution < 1.29 is 9.59 Å². The summed E-state index contributed by atoms with van der Waals surface area (Å²) in [7, 11) is 0. The number of carbonyl (C=O) groups excluding carboxylic acids is 2. The highest BCUT2D eigenvalue weighted by atomic mass is 16.2. The van der Waals surface area contributed by atoms with Crippen LogP contribution in [0.5, 0.6) is 0 Å². The number of imide groups is 1. The zero-order valence-corrected chi connectivity index (χ0v) is 13.6. The Hall–Kier alpha value is -2.10. The Morgan fingerprint density at radius 2 is 1.95 bits per heavy atom. The molecular weight excluding hydrogens is 276 g/mol. The molecule has 116 valence electrons. The van der Waals surface area contributed by atoms with Crippen LogP contribution in [0.4, 0.5) is 0 Å². The highest BCUT2D eigenvalue weighted by molar-refractivity contribution is 6.00. The van der Waals surface area contributed by atoms with Crippen molar-refractivity contribution in [1.29, 1.82) is 0 Å². The molecule has 0 saturated carbocycles. The Bertz CT molecular complexity index is 765. The molecule has 2 aromatic rings. The summed E-state index contributed by atoms with van der Waals surface area (Å²) in [6.45, 7) is 8.65. The van der Waals surface area contributed by atoms with Gasteiger partial charge in [0.1, 0.15) is 6.04 Å². The molecule has 0 bridgehead atoms. The number of nitrogens with zero attached hydrogens (tertiary/aromatic N) is 1. The average Bonchev–Trinajstić information content (AvgIpc) is 2.75. The van der Waals surface area contributed by atoms with E-state index < -0.39 is 0 Å². The van der Waals surface area contributed by atoms with Crippen LogP contribution in [0.15, 0.2) is 24.4 Å². The first-order chi connectivity index (χ1) is 10.3. The molecule has 1 fully saturated rings. The van der Waals surface area contributed by atoms with Gasteiger partial charge >= 0.3 is 0 Å². The van der Waals surface area contributed by atoms with E-state index in [1.165, 1.54) is 10.9 Å². The fourth-order valence-corrected chi connectivity index (χ4v) is 3.10. The molecule has 0 aliphatic carbocycles. The van der Waals surface area contributed by atoms with Crippen LogP contribution in [0.3, 0.4) is 0 Å². The third-order valence-electron chi connectivity index (χ3n) is 4.44. The molecule has 1 saturated heterocycles. The number of piperidine rings is 1. The van der Waals surface area contributed by atoms with Gasteiger partial charge in [0.05, 0.1) is 0 Å². The maximum Gasteiger partial charge on any atom is 0.249 e. The van der Waals surface area contributed by atoms with E-state index >= 15 is 0 Å². The van der Waals surface area contributed by atoms with E-state index in [9.17, 15) is 9.59 Å². The number of benzene rings is 1. The summed E-state index contributed by atoms with van der Waals surface area (Å²) in [6.07, 6.45) is 2.99. The minimum absolute atomic E-state index is 0.0946.